The molecule has 0 spiro atoms. The highest BCUT2D eigenvalue weighted by Gasteiger charge is 2.19. The first-order valence-corrected chi connectivity index (χ1v) is 9.59. The van der Waals surface area contributed by atoms with Crippen molar-refractivity contribution in [3.05, 3.63) is 23.8 Å². The van der Waals surface area contributed by atoms with Gasteiger partial charge in [-0.1, -0.05) is 17.8 Å². The van der Waals surface area contributed by atoms with Crippen LogP contribution >= 0.6 is 11.8 Å². The van der Waals surface area contributed by atoms with Gasteiger partial charge in [-0.15, -0.1) is 5.10 Å². The van der Waals surface area contributed by atoms with Crippen molar-refractivity contribution in [3.63, 3.8) is 0 Å². The van der Waals surface area contributed by atoms with Gasteiger partial charge in [0.1, 0.15) is 11.4 Å². The lowest BCUT2D eigenvalue weighted by Gasteiger charge is -2.19. The Bertz CT molecular complexity index is 795. The van der Waals surface area contributed by atoms with Crippen LogP contribution in [0.1, 0.15) is 19.4 Å². The lowest BCUT2D eigenvalue weighted by Crippen LogP contribution is -2.41. The predicted octanol–water partition coefficient (Wildman–Crippen LogP) is 1.06. The molecule has 0 saturated carbocycles. The zero-order valence-corrected chi connectivity index (χ0v) is 16.7. The van der Waals surface area contributed by atoms with E-state index in [1.165, 1.54) is 16.7 Å². The van der Waals surface area contributed by atoms with Crippen molar-refractivity contribution in [2.75, 3.05) is 32.5 Å². The van der Waals surface area contributed by atoms with E-state index in [1.807, 2.05) is 39.0 Å². The van der Waals surface area contributed by atoms with E-state index in [4.69, 9.17) is 4.74 Å². The van der Waals surface area contributed by atoms with Crippen LogP contribution in [0, 0.1) is 6.92 Å². The number of aromatic nitrogens is 4. The number of amides is 2. The molecule has 1 aromatic heterocycles. The predicted molar refractivity (Wildman–Crippen MR) is 102 cm³/mol. The first-order chi connectivity index (χ1) is 13.0. The van der Waals surface area contributed by atoms with Crippen LogP contribution < -0.4 is 10.1 Å². The summed E-state index contributed by atoms with van der Waals surface area (Å²) >= 11 is 1.21. The molecule has 0 aliphatic carbocycles. The van der Waals surface area contributed by atoms with Crippen molar-refractivity contribution in [1.82, 2.24) is 30.4 Å². The van der Waals surface area contributed by atoms with Gasteiger partial charge in [0.2, 0.25) is 17.0 Å². The molecule has 0 fully saturated rings. The summed E-state index contributed by atoms with van der Waals surface area (Å²) in [6.45, 7) is 6.67. The highest BCUT2D eigenvalue weighted by Crippen LogP contribution is 2.27. The van der Waals surface area contributed by atoms with E-state index in [9.17, 15) is 9.59 Å². The summed E-state index contributed by atoms with van der Waals surface area (Å²) in [6.07, 6.45) is 0. The second kappa shape index (κ2) is 9.91. The Morgan fingerprint density at radius 2 is 2.11 bits per heavy atom. The number of hydrogen-bond donors (Lipinski definition) is 1. The minimum absolute atomic E-state index is 0.0420. The van der Waals surface area contributed by atoms with Crippen molar-refractivity contribution >= 4 is 23.6 Å². The Balaban J connectivity index is 2.10. The van der Waals surface area contributed by atoms with Gasteiger partial charge in [-0.05, 0) is 48.9 Å². The summed E-state index contributed by atoms with van der Waals surface area (Å²) in [7, 11) is 1.58. The Morgan fingerprint density at radius 1 is 1.33 bits per heavy atom. The summed E-state index contributed by atoms with van der Waals surface area (Å²) in [5.74, 6) is 0.431. The van der Waals surface area contributed by atoms with Crippen LogP contribution in [-0.2, 0) is 9.59 Å². The lowest BCUT2D eigenvalue weighted by atomic mass is 10.2. The van der Waals surface area contributed by atoms with Gasteiger partial charge in [0.25, 0.3) is 0 Å². The largest absolute Gasteiger partial charge is 0.494 e. The summed E-state index contributed by atoms with van der Waals surface area (Å²) in [5.41, 5.74) is 1.74. The van der Waals surface area contributed by atoms with Gasteiger partial charge in [-0.3, -0.25) is 9.59 Å². The number of hydrogen-bond acceptors (Lipinski definition) is 7. The molecule has 0 radical (unpaired) electrons. The third-order valence-electron chi connectivity index (χ3n) is 3.77. The standard InChI is InChI=1S/C17H24N6O3S/c1-5-18-15(24)10-22(6-2)16(25)11-27-17-19-20-21-23(17)13-9-12(3)7-8-14(13)26-4/h7-9H,5-6,10-11H2,1-4H3,(H,18,24). The molecule has 0 aliphatic heterocycles. The third kappa shape index (κ3) is 5.43. The van der Waals surface area contributed by atoms with Crippen LogP contribution in [0.2, 0.25) is 0 Å². The van der Waals surface area contributed by atoms with Crippen molar-refractivity contribution in [2.45, 2.75) is 25.9 Å². The number of tetrazole rings is 1. The summed E-state index contributed by atoms with van der Waals surface area (Å²) in [4.78, 5) is 25.7. The van der Waals surface area contributed by atoms with Crippen molar-refractivity contribution in [1.29, 1.82) is 0 Å². The number of thioether (sulfide) groups is 1. The van der Waals surface area contributed by atoms with Crippen LogP contribution in [0.4, 0.5) is 0 Å². The molecule has 1 heterocycles. The van der Waals surface area contributed by atoms with Gasteiger partial charge in [0.15, 0.2) is 0 Å². The fourth-order valence-electron chi connectivity index (χ4n) is 2.41. The minimum atomic E-state index is -0.174. The topological polar surface area (TPSA) is 102 Å². The quantitative estimate of drug-likeness (QED) is 0.637. The van der Waals surface area contributed by atoms with Crippen LogP contribution in [0.25, 0.3) is 5.69 Å². The minimum Gasteiger partial charge on any atom is -0.494 e. The third-order valence-corrected chi connectivity index (χ3v) is 4.68. The molecule has 9 nitrogen and oxygen atoms in total. The number of ether oxygens (including phenoxy) is 1. The van der Waals surface area contributed by atoms with Crippen LogP contribution in [-0.4, -0.2) is 69.4 Å². The first-order valence-electron chi connectivity index (χ1n) is 8.60. The zero-order valence-electron chi connectivity index (χ0n) is 15.9. The van der Waals surface area contributed by atoms with Gasteiger partial charge in [-0.2, -0.15) is 4.68 Å². The number of nitrogens with zero attached hydrogens (tertiary/aromatic N) is 5. The van der Waals surface area contributed by atoms with Gasteiger partial charge < -0.3 is 15.0 Å². The number of carbonyl (C=O) groups excluding carboxylic acids is 2. The molecule has 2 aromatic rings. The number of benzene rings is 1. The van der Waals surface area contributed by atoms with Gasteiger partial charge in [-0.25, -0.2) is 0 Å². The molecule has 2 amide bonds. The van der Waals surface area contributed by atoms with E-state index < -0.39 is 0 Å². The maximum absolute atomic E-state index is 12.5. The smallest absolute Gasteiger partial charge is 0.239 e. The summed E-state index contributed by atoms with van der Waals surface area (Å²) in [6, 6.07) is 5.69. The van der Waals surface area contributed by atoms with Gasteiger partial charge in [0.05, 0.1) is 19.4 Å². The maximum atomic E-state index is 12.5. The van der Waals surface area contributed by atoms with Crippen molar-refractivity contribution in [3.8, 4) is 11.4 Å². The molecule has 0 saturated heterocycles. The summed E-state index contributed by atoms with van der Waals surface area (Å²) in [5, 5.41) is 14.9. The molecular formula is C17H24N6O3S. The molecule has 146 valence electrons. The number of aryl methyl sites for hydroxylation is 1. The zero-order chi connectivity index (χ0) is 19.8. The van der Waals surface area contributed by atoms with E-state index >= 15 is 0 Å². The number of carbonyl (C=O) groups is 2. The molecular weight excluding hydrogens is 368 g/mol. The Hall–Kier alpha value is -2.62. The number of nitrogens with one attached hydrogen (secondary N) is 1. The van der Waals surface area contributed by atoms with E-state index in [2.05, 4.69) is 20.8 Å². The van der Waals surface area contributed by atoms with E-state index in [0.29, 0.717) is 29.7 Å². The molecule has 1 N–H and O–H groups in total. The van der Waals surface area contributed by atoms with Crippen molar-refractivity contribution < 1.29 is 14.3 Å². The van der Waals surface area contributed by atoms with E-state index in [0.717, 1.165) is 5.56 Å². The maximum Gasteiger partial charge on any atom is 0.239 e. The highest BCUT2D eigenvalue weighted by atomic mass is 32.2. The summed E-state index contributed by atoms with van der Waals surface area (Å²) < 4.78 is 6.93. The second-order valence-electron chi connectivity index (χ2n) is 5.70. The van der Waals surface area contributed by atoms with Crippen LogP contribution in [0.5, 0.6) is 5.75 Å². The van der Waals surface area contributed by atoms with Crippen LogP contribution in [0.15, 0.2) is 23.4 Å². The molecule has 2 rings (SSSR count). The number of rotatable bonds is 9. The van der Waals surface area contributed by atoms with E-state index in [1.54, 1.807) is 11.8 Å². The average Bonchev–Trinajstić information content (AvgIpc) is 3.12. The SMILES string of the molecule is CCNC(=O)CN(CC)C(=O)CSc1nnnn1-c1cc(C)ccc1OC. The second-order valence-corrected chi connectivity index (χ2v) is 6.64. The van der Waals surface area contributed by atoms with Crippen molar-refractivity contribution in [2.24, 2.45) is 0 Å². The number of methoxy groups -OCH3 is 1. The Morgan fingerprint density at radius 3 is 2.78 bits per heavy atom. The fourth-order valence-corrected chi connectivity index (χ4v) is 3.19. The average molecular weight is 392 g/mol. The molecule has 10 heteroatoms. The molecule has 1 aromatic carbocycles. The van der Waals surface area contributed by atoms with E-state index in [-0.39, 0.29) is 24.1 Å². The van der Waals surface area contributed by atoms with Gasteiger partial charge in [0, 0.05) is 13.1 Å². The fraction of sp³-hybridized carbons (Fsp3) is 0.471. The molecule has 27 heavy (non-hydrogen) atoms. The van der Waals surface area contributed by atoms with Crippen LogP contribution in [0.3, 0.4) is 0 Å². The van der Waals surface area contributed by atoms with Gasteiger partial charge >= 0.3 is 0 Å². The molecule has 0 unspecified atom stereocenters. The monoisotopic (exact) mass is 392 g/mol. The lowest BCUT2D eigenvalue weighted by molar-refractivity contribution is -0.133. The Labute approximate surface area is 162 Å². The molecule has 0 aliphatic rings. The normalized spacial score (nSPS) is 10.5. The highest BCUT2D eigenvalue weighted by molar-refractivity contribution is 7.99. The number of likely N-dealkylation sites (N-methyl/N-ethyl adjacent to an activating group) is 2. The molecule has 0 bridgehead atoms. The molecule has 0 atom stereocenters. The Kier molecular flexibility index (Phi) is 7.59. The first kappa shape index (κ1) is 20.7.